The number of carboxylic acid groups (broad SMARTS) is 1. The normalized spacial score (nSPS) is 18.0. The Kier molecular flexibility index (Phi) is 11.1. The molecule has 1 heterocycles. The molecule has 0 radical (unpaired) electrons. The Bertz CT molecular complexity index is 1290. The van der Waals surface area contributed by atoms with Crippen molar-refractivity contribution in [2.75, 3.05) is 32.3 Å². The number of amides is 1. The highest BCUT2D eigenvalue weighted by atomic mass is 32.2. The maximum Gasteiger partial charge on any atom is 0.326 e. The molecule has 1 aliphatic heterocycles. The molecule has 3 atom stereocenters. The highest BCUT2D eigenvalue weighted by Crippen LogP contribution is 2.35. The number of thioether (sulfide) groups is 2. The van der Waals surface area contributed by atoms with E-state index in [0.29, 0.717) is 35.6 Å². The number of carboxylic acids is 1. The van der Waals surface area contributed by atoms with E-state index in [-0.39, 0.29) is 5.91 Å². The lowest BCUT2D eigenvalue weighted by molar-refractivity contribution is -0.139. The van der Waals surface area contributed by atoms with Crippen LogP contribution in [0.15, 0.2) is 77.7 Å². The summed E-state index contributed by atoms with van der Waals surface area (Å²) in [7, 11) is 1.75. The van der Waals surface area contributed by atoms with E-state index in [4.69, 9.17) is 4.74 Å². The summed E-state index contributed by atoms with van der Waals surface area (Å²) in [6, 6.07) is 23.8. The van der Waals surface area contributed by atoms with E-state index in [1.165, 1.54) is 4.90 Å². The third-order valence-electron chi connectivity index (χ3n) is 7.26. The van der Waals surface area contributed by atoms with Gasteiger partial charge in [-0.2, -0.15) is 11.8 Å². The van der Waals surface area contributed by atoms with Crippen LogP contribution in [0.4, 0.5) is 0 Å². The summed E-state index contributed by atoms with van der Waals surface area (Å²) in [6.07, 6.45) is 3.35. The van der Waals surface area contributed by atoms with Crippen LogP contribution in [0.25, 0.3) is 11.1 Å². The molecule has 2 N–H and O–H groups in total. The summed E-state index contributed by atoms with van der Waals surface area (Å²) in [6.45, 7) is 4.39. The molecule has 8 heteroatoms. The number of benzene rings is 3. The van der Waals surface area contributed by atoms with Crippen molar-refractivity contribution in [2.24, 2.45) is 0 Å². The van der Waals surface area contributed by atoms with E-state index < -0.39 is 12.0 Å². The van der Waals surface area contributed by atoms with Crippen molar-refractivity contribution in [1.29, 1.82) is 0 Å². The Balaban J connectivity index is 1.59. The third-order valence-corrected chi connectivity index (χ3v) is 9.12. The minimum absolute atomic E-state index is 0.309. The molecule has 1 amide bonds. The molecule has 212 valence electrons. The largest absolute Gasteiger partial charge is 0.480 e. The van der Waals surface area contributed by atoms with Gasteiger partial charge in [-0.1, -0.05) is 48.5 Å². The molecule has 0 aliphatic carbocycles. The molecule has 3 aromatic carbocycles. The van der Waals surface area contributed by atoms with Gasteiger partial charge in [0.25, 0.3) is 5.91 Å². The molecule has 1 aliphatic rings. The zero-order valence-corrected chi connectivity index (χ0v) is 25.0. The van der Waals surface area contributed by atoms with Crippen LogP contribution in [0.1, 0.15) is 34.3 Å². The van der Waals surface area contributed by atoms with E-state index >= 15 is 0 Å². The minimum atomic E-state index is -1.02. The van der Waals surface area contributed by atoms with Gasteiger partial charge in [-0.15, -0.1) is 11.8 Å². The number of likely N-dealkylation sites (tertiary alicyclic amines) is 1. The second-order valence-electron chi connectivity index (χ2n) is 10.2. The van der Waals surface area contributed by atoms with Crippen molar-refractivity contribution in [3.8, 4) is 11.1 Å². The standard InChI is InChI=1S/C32H38N2O4S2/c1-22-9-7-8-12-27(22)29-17-23(13-14-28(29)31(35)33-30(32(36)37)15-16-39-3)19-34-20-26(18-24(34)21-38-2)40-25-10-5-4-6-11-25/h4-14,17,24,26,30H,15-16,18-21H2,1-3H3,(H,33,35)(H,36,37)/t24-,26?,30+/m1/s1. The van der Waals surface area contributed by atoms with Crippen LogP contribution in [-0.4, -0.2) is 71.5 Å². The van der Waals surface area contributed by atoms with Crippen molar-refractivity contribution < 1.29 is 19.4 Å². The number of ether oxygens (including phenoxy) is 1. The molecule has 4 rings (SSSR count). The first-order valence-corrected chi connectivity index (χ1v) is 15.8. The molecule has 0 spiro atoms. The number of aryl methyl sites for hydroxylation is 1. The first-order chi connectivity index (χ1) is 19.4. The number of carbonyl (C=O) groups excluding carboxylic acids is 1. The zero-order valence-electron chi connectivity index (χ0n) is 23.3. The van der Waals surface area contributed by atoms with Gasteiger partial charge in [0.05, 0.1) is 6.61 Å². The van der Waals surface area contributed by atoms with E-state index in [1.54, 1.807) is 18.9 Å². The van der Waals surface area contributed by atoms with E-state index in [2.05, 4.69) is 40.5 Å². The number of nitrogens with one attached hydrogen (secondary N) is 1. The zero-order chi connectivity index (χ0) is 28.5. The topological polar surface area (TPSA) is 78.9 Å². The average Bonchev–Trinajstić information content (AvgIpc) is 3.31. The third kappa shape index (κ3) is 7.91. The maximum atomic E-state index is 13.4. The highest BCUT2D eigenvalue weighted by Gasteiger charge is 2.33. The van der Waals surface area contributed by atoms with Crippen LogP contribution in [0.3, 0.4) is 0 Å². The van der Waals surface area contributed by atoms with Crippen LogP contribution in [0.5, 0.6) is 0 Å². The number of hydrogen-bond acceptors (Lipinski definition) is 6. The van der Waals surface area contributed by atoms with Gasteiger partial charge >= 0.3 is 5.97 Å². The van der Waals surface area contributed by atoms with Gasteiger partial charge in [0.15, 0.2) is 0 Å². The molecular formula is C32H38N2O4S2. The summed E-state index contributed by atoms with van der Waals surface area (Å²) in [5.41, 5.74) is 4.44. The average molecular weight is 579 g/mol. The molecule has 0 saturated carbocycles. The summed E-state index contributed by atoms with van der Waals surface area (Å²) in [4.78, 5) is 29.0. The van der Waals surface area contributed by atoms with Crippen molar-refractivity contribution >= 4 is 35.4 Å². The number of nitrogens with zero attached hydrogens (tertiary/aromatic N) is 1. The number of methoxy groups -OCH3 is 1. The second kappa shape index (κ2) is 14.7. The molecule has 1 unspecified atom stereocenters. The van der Waals surface area contributed by atoms with Gasteiger partial charge in [-0.05, 0) is 78.3 Å². The first kappa shape index (κ1) is 30.2. The Morgan fingerprint density at radius 2 is 1.82 bits per heavy atom. The Hall–Kier alpha value is -2.78. The number of aliphatic carboxylic acids is 1. The van der Waals surface area contributed by atoms with E-state index in [9.17, 15) is 14.7 Å². The van der Waals surface area contributed by atoms with Gasteiger partial charge in [0.1, 0.15) is 6.04 Å². The number of hydrogen-bond donors (Lipinski definition) is 2. The van der Waals surface area contributed by atoms with E-state index in [1.807, 2.05) is 67.4 Å². The SMILES string of the molecule is COC[C@H]1CC(Sc2ccccc2)CN1Cc1ccc(C(=O)N[C@@H](CCSC)C(=O)O)c(-c2ccccc2C)c1. The molecule has 6 nitrogen and oxygen atoms in total. The lowest BCUT2D eigenvalue weighted by Gasteiger charge is -2.24. The quantitative estimate of drug-likeness (QED) is 0.258. The van der Waals surface area contributed by atoms with Gasteiger partial charge in [-0.3, -0.25) is 9.69 Å². The lowest BCUT2D eigenvalue weighted by Crippen LogP contribution is -2.41. The molecular weight excluding hydrogens is 540 g/mol. The van der Waals surface area contributed by atoms with Gasteiger partial charge in [0, 0.05) is 42.0 Å². The maximum absolute atomic E-state index is 13.4. The lowest BCUT2D eigenvalue weighted by atomic mass is 9.93. The van der Waals surface area contributed by atoms with Crippen LogP contribution < -0.4 is 5.32 Å². The van der Waals surface area contributed by atoms with Crippen LogP contribution in [0.2, 0.25) is 0 Å². The predicted molar refractivity (Wildman–Crippen MR) is 165 cm³/mol. The predicted octanol–water partition coefficient (Wildman–Crippen LogP) is 5.98. The second-order valence-corrected chi connectivity index (χ2v) is 12.5. The van der Waals surface area contributed by atoms with Crippen LogP contribution in [-0.2, 0) is 16.1 Å². The van der Waals surface area contributed by atoms with Crippen LogP contribution in [0, 0.1) is 6.92 Å². The fourth-order valence-corrected chi connectivity index (χ4v) is 6.98. The molecule has 0 aromatic heterocycles. The van der Waals surface area contributed by atoms with Crippen LogP contribution >= 0.6 is 23.5 Å². The van der Waals surface area contributed by atoms with Crippen molar-refractivity contribution in [3.63, 3.8) is 0 Å². The van der Waals surface area contributed by atoms with Crippen molar-refractivity contribution in [3.05, 3.63) is 89.5 Å². The number of rotatable bonds is 13. The Labute approximate surface area is 245 Å². The van der Waals surface area contributed by atoms with E-state index in [0.717, 1.165) is 41.8 Å². The summed E-state index contributed by atoms with van der Waals surface area (Å²) >= 11 is 3.48. The first-order valence-electron chi connectivity index (χ1n) is 13.6. The minimum Gasteiger partial charge on any atom is -0.480 e. The fourth-order valence-electron chi connectivity index (χ4n) is 5.22. The van der Waals surface area contributed by atoms with Crippen molar-refractivity contribution in [2.45, 2.75) is 48.5 Å². The molecule has 3 aromatic rings. The molecule has 0 bridgehead atoms. The number of carbonyl (C=O) groups is 2. The van der Waals surface area contributed by atoms with Crippen molar-refractivity contribution in [1.82, 2.24) is 10.2 Å². The fraction of sp³-hybridized carbons (Fsp3) is 0.375. The Morgan fingerprint density at radius 3 is 2.52 bits per heavy atom. The Morgan fingerprint density at radius 1 is 1.07 bits per heavy atom. The van der Waals surface area contributed by atoms with Gasteiger partial charge in [0.2, 0.25) is 0 Å². The molecule has 1 fully saturated rings. The summed E-state index contributed by atoms with van der Waals surface area (Å²) in [5.74, 6) is -0.725. The smallest absolute Gasteiger partial charge is 0.326 e. The molecule has 40 heavy (non-hydrogen) atoms. The van der Waals surface area contributed by atoms with Gasteiger partial charge in [-0.25, -0.2) is 4.79 Å². The molecule has 1 saturated heterocycles. The summed E-state index contributed by atoms with van der Waals surface area (Å²) < 4.78 is 5.58. The summed E-state index contributed by atoms with van der Waals surface area (Å²) in [5, 5.41) is 12.9. The monoisotopic (exact) mass is 578 g/mol. The van der Waals surface area contributed by atoms with Gasteiger partial charge < -0.3 is 15.2 Å². The highest BCUT2D eigenvalue weighted by molar-refractivity contribution is 8.00.